The number of carbonyl (C=O) groups is 13. The molecule has 0 aliphatic rings. The fourth-order valence-electron chi connectivity index (χ4n) is 11.8. The third kappa shape index (κ3) is 32.8. The molecule has 4 aromatic rings. The van der Waals surface area contributed by atoms with Crippen molar-refractivity contribution in [1.82, 2.24) is 53.2 Å². The molecule has 0 radical (unpaired) electrons. The summed E-state index contributed by atoms with van der Waals surface area (Å²) in [5, 5.41) is 65.1. The normalized spacial score (nSPS) is 14.4. The second-order valence-electron chi connectivity index (χ2n) is 27.1. The standard InChI is InChI=1S/C76H108F3N15O17/c1-3-44(2)64(75(109)92-58(43-48-42-49(77)65(99)63(79)62(48)78)74(108)91-56(39-45-21-7-4-8-22-45)72(106)90-57(40-46-23-9-5-10-24-46)73(107)93-59(76(110)111)41-47-25-11-6-12-26-47)94-71(105)55(32-34-61(97)98)89-70(104)54(31-33-60(95)96)88-69(103)53(30-16-20-38-83)87-68(102)52(29-15-19-37-82)86-67(101)51(28-14-18-36-81)85-66(100)50(84)27-13-17-35-80/h4-12,21-26,42,44,50-59,64,99H,3,13-20,27-41,43,80-84H2,1-2H3,(H,85,100)(H,86,101)(H,87,102)(H,88,103)(H,89,104)(H,90,106)(H,91,108)(H,92,109)(H,93,107)(H,94,105)(H,95,96)(H,97,98)(H,110,111)/t44-,50-,51-,52-,53-,54-,55-,56-,57-,58-,59-,64-/m0/s1. The first-order valence-electron chi connectivity index (χ1n) is 37.2. The van der Waals surface area contributed by atoms with E-state index in [-0.39, 0.29) is 83.8 Å². The van der Waals surface area contributed by atoms with Gasteiger partial charge in [0.15, 0.2) is 17.4 Å². The molecule has 0 unspecified atom stereocenters. The summed E-state index contributed by atoms with van der Waals surface area (Å²) >= 11 is 0. The van der Waals surface area contributed by atoms with Gasteiger partial charge in [0.05, 0.1) is 6.04 Å². The number of aliphatic carboxylic acids is 3. The van der Waals surface area contributed by atoms with Gasteiger partial charge in [0.25, 0.3) is 0 Å². The first-order valence-corrected chi connectivity index (χ1v) is 37.2. The highest BCUT2D eigenvalue weighted by Gasteiger charge is 2.39. The topological polar surface area (TPSA) is 553 Å². The molecule has 4 rings (SSSR count). The zero-order valence-electron chi connectivity index (χ0n) is 62.5. The van der Waals surface area contributed by atoms with E-state index in [9.17, 15) is 78.0 Å². The van der Waals surface area contributed by atoms with E-state index < -0.39 is 210 Å². The number of phenolic OH excluding ortho intramolecular Hbond substituents is 1. The summed E-state index contributed by atoms with van der Waals surface area (Å²) < 4.78 is 46.2. The van der Waals surface area contributed by atoms with Crippen molar-refractivity contribution in [2.75, 3.05) is 26.2 Å². The second-order valence-corrected chi connectivity index (χ2v) is 27.1. The van der Waals surface area contributed by atoms with Crippen LogP contribution in [-0.2, 0) is 88.0 Å². The minimum atomic E-state index is -2.18. The lowest BCUT2D eigenvalue weighted by molar-refractivity contribution is -0.142. The summed E-state index contributed by atoms with van der Waals surface area (Å²) in [7, 11) is 0. The van der Waals surface area contributed by atoms with Crippen LogP contribution in [0, 0.1) is 23.4 Å². The predicted molar refractivity (Wildman–Crippen MR) is 402 cm³/mol. The average molecular weight is 1560 g/mol. The molecule has 0 aliphatic carbocycles. The van der Waals surface area contributed by atoms with Gasteiger partial charge in [0, 0.05) is 38.5 Å². The minimum absolute atomic E-state index is 0.0213. The van der Waals surface area contributed by atoms with Crippen molar-refractivity contribution in [1.29, 1.82) is 0 Å². The molecule has 10 amide bonds. The Kier molecular flexibility index (Phi) is 41.4. The number of carbonyl (C=O) groups excluding carboxylic acids is 10. The van der Waals surface area contributed by atoms with Crippen LogP contribution in [-0.4, -0.2) is 190 Å². The van der Waals surface area contributed by atoms with Crippen LogP contribution < -0.4 is 81.8 Å². The van der Waals surface area contributed by atoms with Crippen LogP contribution in [0.25, 0.3) is 0 Å². The van der Waals surface area contributed by atoms with E-state index >= 15 is 18.0 Å². The third-order valence-corrected chi connectivity index (χ3v) is 18.4. The van der Waals surface area contributed by atoms with Gasteiger partial charge in [0.2, 0.25) is 64.9 Å². The van der Waals surface area contributed by atoms with E-state index in [4.69, 9.17) is 28.7 Å². The number of phenols is 1. The molecule has 0 saturated heterocycles. The Morgan fingerprint density at radius 1 is 0.369 bits per heavy atom. The number of aromatic hydroxyl groups is 1. The summed E-state index contributed by atoms with van der Waals surface area (Å²) in [6.45, 7) is 3.95. The lowest BCUT2D eigenvalue weighted by Gasteiger charge is -2.30. The maximum Gasteiger partial charge on any atom is 0.326 e. The Labute approximate surface area is 642 Å². The number of unbranched alkanes of at least 4 members (excludes halogenated alkanes) is 4. The van der Waals surface area contributed by atoms with E-state index in [1.807, 2.05) is 0 Å². The zero-order valence-corrected chi connectivity index (χ0v) is 62.5. The monoisotopic (exact) mass is 1560 g/mol. The van der Waals surface area contributed by atoms with Gasteiger partial charge in [-0.25, -0.2) is 13.6 Å². The summed E-state index contributed by atoms with van der Waals surface area (Å²) in [5.74, 6) is -23.4. The molecule has 0 spiro atoms. The van der Waals surface area contributed by atoms with Gasteiger partial charge in [-0.15, -0.1) is 0 Å². The van der Waals surface area contributed by atoms with E-state index in [0.717, 1.165) is 0 Å². The van der Waals surface area contributed by atoms with Crippen molar-refractivity contribution >= 4 is 77.0 Å². The lowest BCUT2D eigenvalue weighted by atomic mass is 9.96. The molecule has 32 nitrogen and oxygen atoms in total. The van der Waals surface area contributed by atoms with Gasteiger partial charge in [-0.1, -0.05) is 118 Å². The van der Waals surface area contributed by atoms with E-state index in [1.165, 1.54) is 6.92 Å². The van der Waals surface area contributed by atoms with Crippen LogP contribution in [0.1, 0.15) is 145 Å². The van der Waals surface area contributed by atoms with Crippen molar-refractivity contribution in [3.63, 3.8) is 0 Å². The number of carboxylic acids is 3. The molecule has 0 saturated carbocycles. The van der Waals surface area contributed by atoms with Crippen LogP contribution in [0.3, 0.4) is 0 Å². The smallest absolute Gasteiger partial charge is 0.326 e. The zero-order chi connectivity index (χ0) is 82.1. The minimum Gasteiger partial charge on any atom is -0.503 e. The van der Waals surface area contributed by atoms with Crippen LogP contribution in [0.15, 0.2) is 97.1 Å². The van der Waals surface area contributed by atoms with Crippen molar-refractivity contribution in [3.8, 4) is 5.75 Å². The second kappa shape index (κ2) is 49.5. The van der Waals surface area contributed by atoms with Crippen LogP contribution in [0.4, 0.5) is 13.2 Å². The Morgan fingerprint density at radius 3 is 1.02 bits per heavy atom. The van der Waals surface area contributed by atoms with Crippen LogP contribution in [0.2, 0.25) is 0 Å². The lowest BCUT2D eigenvalue weighted by Crippen LogP contribution is -2.62. The van der Waals surface area contributed by atoms with Gasteiger partial charge < -0.3 is 102 Å². The molecular formula is C76H108F3N15O17. The maximum absolute atomic E-state index is 15.9. The highest BCUT2D eigenvalue weighted by atomic mass is 19.2. The summed E-state index contributed by atoms with van der Waals surface area (Å²) in [5.41, 5.74) is 29.5. The Morgan fingerprint density at radius 2 is 0.667 bits per heavy atom. The van der Waals surface area contributed by atoms with E-state index in [1.54, 1.807) is 97.9 Å². The highest BCUT2D eigenvalue weighted by Crippen LogP contribution is 2.27. The Bertz CT molecular complexity index is 3710. The molecule has 111 heavy (non-hydrogen) atoms. The fraction of sp³-hybridized carbons (Fsp3) is 0.513. The largest absolute Gasteiger partial charge is 0.503 e. The fourth-order valence-corrected chi connectivity index (χ4v) is 11.8. The number of rotatable bonds is 53. The number of benzene rings is 4. The molecule has 0 bridgehead atoms. The average Bonchev–Trinajstić information content (AvgIpc) is 0.509. The number of hydrogen-bond acceptors (Lipinski definition) is 19. The van der Waals surface area contributed by atoms with Crippen LogP contribution >= 0.6 is 0 Å². The van der Waals surface area contributed by atoms with Gasteiger partial charge >= 0.3 is 17.9 Å². The number of halogens is 3. The van der Waals surface area contributed by atoms with E-state index in [2.05, 4.69) is 53.2 Å². The quantitative estimate of drug-likeness (QED) is 0.0213. The van der Waals surface area contributed by atoms with Gasteiger partial charge in [-0.3, -0.25) is 57.5 Å². The molecule has 35 heteroatoms. The molecule has 4 aromatic carbocycles. The number of amides is 10. The summed E-state index contributed by atoms with van der Waals surface area (Å²) in [6, 6.07) is 7.11. The number of carboxylic acid groups (broad SMARTS) is 3. The molecule has 0 heterocycles. The van der Waals surface area contributed by atoms with Crippen molar-refractivity contribution in [2.24, 2.45) is 34.6 Å². The first-order chi connectivity index (χ1) is 52.9. The first kappa shape index (κ1) is 92.8. The molecule has 0 fully saturated rings. The van der Waals surface area contributed by atoms with Gasteiger partial charge in [0.1, 0.15) is 60.4 Å². The third-order valence-electron chi connectivity index (χ3n) is 18.4. The molecular weight excluding hydrogens is 1450 g/mol. The number of nitrogens with two attached hydrogens (primary N) is 5. The molecule has 0 aliphatic heterocycles. The number of hydrogen-bond donors (Lipinski definition) is 19. The van der Waals surface area contributed by atoms with Crippen molar-refractivity contribution in [2.45, 2.75) is 215 Å². The molecule has 0 aromatic heterocycles. The number of nitrogens with one attached hydrogen (secondary N) is 10. The molecule has 610 valence electrons. The maximum atomic E-state index is 15.9. The summed E-state index contributed by atoms with van der Waals surface area (Å²) in [6.07, 6.45) is -1.65. The van der Waals surface area contributed by atoms with Crippen LogP contribution in [0.5, 0.6) is 5.75 Å². The Hall–Kier alpha value is -10.6. The van der Waals surface area contributed by atoms with Crippen molar-refractivity contribution in [3.05, 3.63) is 137 Å². The SMILES string of the molecule is CC[C@H](C)[C@H](NC(=O)[C@H](CCC(=O)O)NC(=O)[C@H](CCC(=O)O)NC(=O)[C@H](CCCCN)NC(=O)[C@H](CCCCN)NC(=O)[C@H](CCCCN)NC(=O)[C@@H](N)CCCCN)C(=O)N[C@@H](Cc1cc(F)c(O)c(F)c1F)C(=O)N[C@@H](Cc1ccccc1)C(=O)N[C@@H](Cc1ccccc1)C(=O)N[C@@H](Cc1ccccc1)C(=O)O. The highest BCUT2D eigenvalue weighted by molar-refractivity contribution is 5.99. The van der Waals surface area contributed by atoms with Gasteiger partial charge in [-0.05, 0) is 144 Å². The Balaban J connectivity index is 1.72. The van der Waals surface area contributed by atoms with Gasteiger partial charge in [-0.2, -0.15) is 4.39 Å². The van der Waals surface area contributed by atoms with E-state index in [0.29, 0.717) is 67.8 Å². The summed E-state index contributed by atoms with van der Waals surface area (Å²) in [4.78, 5) is 182. The van der Waals surface area contributed by atoms with Crippen molar-refractivity contribution < 1.29 is 95.9 Å². The molecule has 24 N–H and O–H groups in total. The predicted octanol–water partition coefficient (Wildman–Crippen LogP) is 0.632. The molecule has 12 atom stereocenters.